The minimum atomic E-state index is -0.0480. The van der Waals surface area contributed by atoms with E-state index in [-0.39, 0.29) is 11.9 Å². The van der Waals surface area contributed by atoms with Crippen molar-refractivity contribution in [3.05, 3.63) is 34.3 Å². The van der Waals surface area contributed by atoms with Gasteiger partial charge in [0.05, 0.1) is 0 Å². The lowest BCUT2D eigenvalue weighted by molar-refractivity contribution is -0.130. The molecule has 0 radical (unpaired) electrons. The minimum Gasteiger partial charge on any atom is -0.339 e. The number of nitrogens with one attached hydrogen (secondary N) is 1. The number of nitrogens with zero attached hydrogens (tertiary/aromatic N) is 2. The molecule has 1 aliphatic heterocycles. The van der Waals surface area contributed by atoms with Gasteiger partial charge in [-0.05, 0) is 24.1 Å². The first-order chi connectivity index (χ1) is 10.1. The minimum absolute atomic E-state index is 0.0480. The molecule has 6 heteroatoms. The van der Waals surface area contributed by atoms with E-state index in [4.69, 9.17) is 0 Å². The van der Waals surface area contributed by atoms with Crippen LogP contribution < -0.4 is 5.32 Å². The topological polar surface area (TPSA) is 52.7 Å². The first kappa shape index (κ1) is 15.8. The molecule has 1 N–H and O–H groups in total. The summed E-state index contributed by atoms with van der Waals surface area (Å²) in [6.07, 6.45) is 0.804. The van der Waals surface area contributed by atoms with Gasteiger partial charge in [-0.15, -0.1) is 0 Å². The Kier molecular flexibility index (Phi) is 5.61. The third kappa shape index (κ3) is 4.74. The molecule has 0 saturated carbocycles. The zero-order valence-corrected chi connectivity index (χ0v) is 13.7. The number of carbonyl (C=O) groups excluding carboxylic acids is 2. The highest BCUT2D eigenvalue weighted by Gasteiger charge is 2.21. The van der Waals surface area contributed by atoms with Crippen molar-refractivity contribution in [2.75, 3.05) is 32.7 Å². The second-order valence-electron chi connectivity index (χ2n) is 5.10. The van der Waals surface area contributed by atoms with Crippen LogP contribution in [0.4, 0.5) is 4.79 Å². The second kappa shape index (κ2) is 7.45. The van der Waals surface area contributed by atoms with Gasteiger partial charge < -0.3 is 15.1 Å². The van der Waals surface area contributed by atoms with Crippen LogP contribution in [-0.2, 0) is 11.2 Å². The Labute approximate surface area is 133 Å². The number of halogens is 1. The summed E-state index contributed by atoms with van der Waals surface area (Å²) >= 11 is 3.44. The molecule has 2 rings (SSSR count). The highest BCUT2D eigenvalue weighted by molar-refractivity contribution is 9.10. The van der Waals surface area contributed by atoms with Gasteiger partial charge in [0.1, 0.15) is 0 Å². The van der Waals surface area contributed by atoms with E-state index in [0.29, 0.717) is 32.7 Å². The van der Waals surface area contributed by atoms with Crippen LogP contribution in [0.1, 0.15) is 12.5 Å². The molecule has 0 bridgehead atoms. The summed E-state index contributed by atoms with van der Waals surface area (Å²) in [6, 6.07) is 8.02. The largest absolute Gasteiger partial charge is 0.339 e. The Morgan fingerprint density at radius 3 is 2.48 bits per heavy atom. The molecule has 0 aliphatic carbocycles. The number of piperazine rings is 1. The van der Waals surface area contributed by atoms with Crippen molar-refractivity contribution >= 4 is 27.9 Å². The van der Waals surface area contributed by atoms with Crippen LogP contribution >= 0.6 is 15.9 Å². The van der Waals surface area contributed by atoms with Crippen molar-refractivity contribution in [2.45, 2.75) is 13.3 Å². The van der Waals surface area contributed by atoms with Gasteiger partial charge in [-0.25, -0.2) is 4.79 Å². The third-order valence-electron chi connectivity index (χ3n) is 3.59. The lowest BCUT2D eigenvalue weighted by Gasteiger charge is -2.34. The molecule has 0 aromatic heterocycles. The van der Waals surface area contributed by atoms with E-state index in [0.717, 1.165) is 10.9 Å². The fourth-order valence-corrected chi connectivity index (χ4v) is 2.79. The zero-order valence-electron chi connectivity index (χ0n) is 12.1. The molecule has 1 heterocycles. The number of hydrogen-bond donors (Lipinski definition) is 1. The molecule has 1 aromatic rings. The fraction of sp³-hybridized carbons (Fsp3) is 0.467. The molecular formula is C15H20BrN3O2. The molecule has 1 fully saturated rings. The molecule has 0 atom stereocenters. The van der Waals surface area contributed by atoms with Crippen molar-refractivity contribution in [3.63, 3.8) is 0 Å². The van der Waals surface area contributed by atoms with E-state index in [1.807, 2.05) is 18.2 Å². The van der Waals surface area contributed by atoms with Gasteiger partial charge in [0.15, 0.2) is 0 Å². The van der Waals surface area contributed by atoms with Crippen LogP contribution in [0.3, 0.4) is 0 Å². The molecule has 0 unspecified atom stereocenters. The summed E-state index contributed by atoms with van der Waals surface area (Å²) < 4.78 is 1.05. The number of rotatable bonds is 3. The maximum Gasteiger partial charge on any atom is 0.317 e. The number of hydrogen-bond acceptors (Lipinski definition) is 2. The summed E-state index contributed by atoms with van der Waals surface area (Å²) in [5.74, 6) is 0.0738. The highest BCUT2D eigenvalue weighted by Crippen LogP contribution is 2.11. The number of amides is 3. The van der Waals surface area contributed by atoms with Gasteiger partial charge in [-0.2, -0.15) is 0 Å². The van der Waals surface area contributed by atoms with Crippen LogP contribution in [0.25, 0.3) is 0 Å². The Hall–Kier alpha value is -1.56. The molecule has 1 saturated heterocycles. The first-order valence-electron chi connectivity index (χ1n) is 7.09. The Morgan fingerprint density at radius 1 is 1.19 bits per heavy atom. The summed E-state index contributed by atoms with van der Waals surface area (Å²) in [4.78, 5) is 26.8. The SMILES string of the molecule is CC(=O)N1CCN(C(=O)NCCc2cccc(Br)c2)CC1. The fourth-order valence-electron chi connectivity index (χ4n) is 2.34. The van der Waals surface area contributed by atoms with Crippen molar-refractivity contribution in [1.82, 2.24) is 15.1 Å². The quantitative estimate of drug-likeness (QED) is 0.901. The van der Waals surface area contributed by atoms with E-state index >= 15 is 0 Å². The monoisotopic (exact) mass is 353 g/mol. The van der Waals surface area contributed by atoms with E-state index in [9.17, 15) is 9.59 Å². The van der Waals surface area contributed by atoms with E-state index < -0.39 is 0 Å². The lowest BCUT2D eigenvalue weighted by Crippen LogP contribution is -2.52. The molecule has 114 valence electrons. The summed E-state index contributed by atoms with van der Waals surface area (Å²) in [7, 11) is 0. The molecule has 5 nitrogen and oxygen atoms in total. The van der Waals surface area contributed by atoms with E-state index in [1.54, 1.807) is 16.7 Å². The van der Waals surface area contributed by atoms with Gasteiger partial charge in [0, 0.05) is 44.1 Å². The standard InChI is InChI=1S/C15H20BrN3O2/c1-12(20)18-7-9-19(10-8-18)15(21)17-6-5-13-3-2-4-14(16)11-13/h2-4,11H,5-10H2,1H3,(H,17,21). The van der Waals surface area contributed by atoms with Crippen LogP contribution in [-0.4, -0.2) is 54.5 Å². The Balaban J connectivity index is 1.72. The van der Waals surface area contributed by atoms with E-state index in [1.165, 1.54) is 5.56 Å². The summed E-state index contributed by atoms with van der Waals surface area (Å²) in [5, 5.41) is 2.93. The molecule has 3 amide bonds. The lowest BCUT2D eigenvalue weighted by atomic mass is 10.1. The highest BCUT2D eigenvalue weighted by atomic mass is 79.9. The molecule has 0 spiro atoms. The second-order valence-corrected chi connectivity index (χ2v) is 6.02. The normalized spacial score (nSPS) is 15.0. The smallest absolute Gasteiger partial charge is 0.317 e. The van der Waals surface area contributed by atoms with Gasteiger partial charge in [0.25, 0.3) is 0 Å². The number of carbonyl (C=O) groups is 2. The maximum absolute atomic E-state index is 12.0. The number of urea groups is 1. The van der Waals surface area contributed by atoms with Crippen molar-refractivity contribution < 1.29 is 9.59 Å². The average Bonchev–Trinajstić information content (AvgIpc) is 2.47. The van der Waals surface area contributed by atoms with Gasteiger partial charge in [-0.3, -0.25) is 4.79 Å². The third-order valence-corrected chi connectivity index (χ3v) is 4.08. The predicted molar refractivity (Wildman–Crippen MR) is 85.1 cm³/mol. The van der Waals surface area contributed by atoms with Gasteiger partial charge in [-0.1, -0.05) is 28.1 Å². The predicted octanol–water partition coefficient (Wildman–Crippen LogP) is 1.87. The molecule has 21 heavy (non-hydrogen) atoms. The molecule has 1 aromatic carbocycles. The maximum atomic E-state index is 12.0. The van der Waals surface area contributed by atoms with Gasteiger partial charge in [0.2, 0.25) is 5.91 Å². The van der Waals surface area contributed by atoms with Crippen LogP contribution in [0.2, 0.25) is 0 Å². The first-order valence-corrected chi connectivity index (χ1v) is 7.88. The summed E-state index contributed by atoms with van der Waals surface area (Å²) in [5.41, 5.74) is 1.19. The Morgan fingerprint density at radius 2 is 1.86 bits per heavy atom. The van der Waals surface area contributed by atoms with Gasteiger partial charge >= 0.3 is 6.03 Å². The average molecular weight is 354 g/mol. The van der Waals surface area contributed by atoms with Crippen molar-refractivity contribution in [2.24, 2.45) is 0 Å². The molecular weight excluding hydrogens is 334 g/mol. The number of benzene rings is 1. The van der Waals surface area contributed by atoms with Crippen LogP contribution in [0, 0.1) is 0 Å². The van der Waals surface area contributed by atoms with E-state index in [2.05, 4.69) is 27.3 Å². The zero-order chi connectivity index (χ0) is 15.2. The van der Waals surface area contributed by atoms with Crippen molar-refractivity contribution in [3.8, 4) is 0 Å². The van der Waals surface area contributed by atoms with Crippen LogP contribution in [0.5, 0.6) is 0 Å². The van der Waals surface area contributed by atoms with Crippen LogP contribution in [0.15, 0.2) is 28.7 Å². The molecule has 1 aliphatic rings. The Bertz CT molecular complexity index is 513. The van der Waals surface area contributed by atoms with Crippen molar-refractivity contribution in [1.29, 1.82) is 0 Å². The summed E-state index contributed by atoms with van der Waals surface area (Å²) in [6.45, 7) is 4.61.